The summed E-state index contributed by atoms with van der Waals surface area (Å²) >= 11 is 0. The maximum atomic E-state index is 13.3. The van der Waals surface area contributed by atoms with Gasteiger partial charge in [0.05, 0.1) is 5.92 Å². The SMILES string of the molecule is CN1CCN(c2ccccc2CNC(=O)C(c2ccccc2)c2ccccc2)CC1. The summed E-state index contributed by atoms with van der Waals surface area (Å²) in [6, 6.07) is 28.4. The second-order valence-corrected chi connectivity index (χ2v) is 7.89. The average molecular weight is 400 g/mol. The number of carbonyl (C=O) groups is 1. The number of benzene rings is 3. The minimum atomic E-state index is -0.316. The Morgan fingerprint density at radius 3 is 1.93 bits per heavy atom. The van der Waals surface area contributed by atoms with Crippen LogP contribution >= 0.6 is 0 Å². The van der Waals surface area contributed by atoms with Crippen LogP contribution in [-0.4, -0.2) is 44.0 Å². The molecule has 3 aromatic rings. The van der Waals surface area contributed by atoms with Gasteiger partial charge in [0.2, 0.25) is 5.91 Å². The smallest absolute Gasteiger partial charge is 0.232 e. The zero-order chi connectivity index (χ0) is 20.8. The van der Waals surface area contributed by atoms with E-state index in [2.05, 4.69) is 40.4 Å². The van der Waals surface area contributed by atoms with Crippen LogP contribution in [0.4, 0.5) is 5.69 Å². The number of piperazine rings is 1. The van der Waals surface area contributed by atoms with E-state index in [0.717, 1.165) is 42.9 Å². The molecule has 1 amide bonds. The third kappa shape index (κ3) is 4.71. The summed E-state index contributed by atoms with van der Waals surface area (Å²) in [5, 5.41) is 3.21. The molecule has 0 atom stereocenters. The first kappa shape index (κ1) is 20.2. The lowest BCUT2D eigenvalue weighted by atomic mass is 9.90. The fraction of sp³-hybridized carbons (Fsp3) is 0.269. The van der Waals surface area contributed by atoms with Crippen LogP contribution in [0.3, 0.4) is 0 Å². The van der Waals surface area contributed by atoms with Gasteiger partial charge in [-0.3, -0.25) is 4.79 Å². The van der Waals surface area contributed by atoms with Gasteiger partial charge in [-0.05, 0) is 29.8 Å². The quantitative estimate of drug-likeness (QED) is 0.683. The summed E-state index contributed by atoms with van der Waals surface area (Å²) in [5.74, 6) is -0.288. The summed E-state index contributed by atoms with van der Waals surface area (Å²) < 4.78 is 0. The maximum Gasteiger partial charge on any atom is 0.232 e. The molecule has 154 valence electrons. The van der Waals surface area contributed by atoms with Gasteiger partial charge in [-0.2, -0.15) is 0 Å². The molecule has 4 heteroatoms. The van der Waals surface area contributed by atoms with Crippen molar-refractivity contribution in [3.63, 3.8) is 0 Å². The van der Waals surface area contributed by atoms with Crippen LogP contribution in [0.15, 0.2) is 84.9 Å². The lowest BCUT2D eigenvalue weighted by molar-refractivity contribution is -0.121. The topological polar surface area (TPSA) is 35.6 Å². The molecule has 0 radical (unpaired) electrons. The van der Waals surface area contributed by atoms with E-state index in [1.165, 1.54) is 5.69 Å². The molecule has 1 fully saturated rings. The zero-order valence-electron chi connectivity index (χ0n) is 17.5. The summed E-state index contributed by atoms with van der Waals surface area (Å²) in [4.78, 5) is 18.1. The van der Waals surface area contributed by atoms with Crippen LogP contribution in [-0.2, 0) is 11.3 Å². The van der Waals surface area contributed by atoms with E-state index < -0.39 is 0 Å². The lowest BCUT2D eigenvalue weighted by Gasteiger charge is -2.35. The second kappa shape index (κ2) is 9.59. The normalized spacial score (nSPS) is 14.7. The number of hydrogen-bond donors (Lipinski definition) is 1. The highest BCUT2D eigenvalue weighted by Crippen LogP contribution is 2.26. The van der Waals surface area contributed by atoms with Gasteiger partial charge >= 0.3 is 0 Å². The van der Waals surface area contributed by atoms with Crippen molar-refractivity contribution in [2.45, 2.75) is 12.5 Å². The molecule has 4 rings (SSSR count). The van der Waals surface area contributed by atoms with E-state index in [-0.39, 0.29) is 11.8 Å². The first-order valence-electron chi connectivity index (χ1n) is 10.6. The number of carbonyl (C=O) groups excluding carboxylic acids is 1. The Morgan fingerprint density at radius 2 is 1.33 bits per heavy atom. The van der Waals surface area contributed by atoms with E-state index in [0.29, 0.717) is 6.54 Å². The molecule has 0 aliphatic carbocycles. The number of para-hydroxylation sites is 1. The Balaban J connectivity index is 1.52. The van der Waals surface area contributed by atoms with Gasteiger partial charge in [0.15, 0.2) is 0 Å². The van der Waals surface area contributed by atoms with Gasteiger partial charge in [-0.25, -0.2) is 0 Å². The number of hydrogen-bond acceptors (Lipinski definition) is 3. The molecule has 3 aromatic carbocycles. The number of likely N-dealkylation sites (N-methyl/N-ethyl adjacent to an activating group) is 1. The van der Waals surface area contributed by atoms with Crippen LogP contribution < -0.4 is 10.2 Å². The van der Waals surface area contributed by atoms with Crippen molar-refractivity contribution < 1.29 is 4.79 Å². The highest BCUT2D eigenvalue weighted by atomic mass is 16.1. The van der Waals surface area contributed by atoms with E-state index >= 15 is 0 Å². The van der Waals surface area contributed by atoms with Gasteiger partial charge in [0.1, 0.15) is 0 Å². The molecule has 0 unspecified atom stereocenters. The van der Waals surface area contributed by atoms with Gasteiger partial charge in [0, 0.05) is 38.4 Å². The Hall–Kier alpha value is -3.11. The van der Waals surface area contributed by atoms with E-state index in [1.807, 2.05) is 66.7 Å². The lowest BCUT2D eigenvalue weighted by Crippen LogP contribution is -2.45. The highest BCUT2D eigenvalue weighted by molar-refractivity contribution is 5.87. The Bertz CT molecular complexity index is 911. The third-order valence-corrected chi connectivity index (χ3v) is 5.82. The van der Waals surface area contributed by atoms with Crippen LogP contribution in [0, 0.1) is 0 Å². The van der Waals surface area contributed by atoms with Crippen molar-refractivity contribution in [1.29, 1.82) is 0 Å². The fourth-order valence-electron chi connectivity index (χ4n) is 4.09. The fourth-order valence-corrected chi connectivity index (χ4v) is 4.09. The number of nitrogens with zero attached hydrogens (tertiary/aromatic N) is 2. The molecule has 4 nitrogen and oxygen atoms in total. The van der Waals surface area contributed by atoms with Crippen molar-refractivity contribution in [2.24, 2.45) is 0 Å². The molecule has 1 N–H and O–H groups in total. The first-order valence-corrected chi connectivity index (χ1v) is 10.6. The monoisotopic (exact) mass is 399 g/mol. The Labute approximate surface area is 179 Å². The molecule has 1 heterocycles. The minimum absolute atomic E-state index is 0.0283. The largest absolute Gasteiger partial charge is 0.369 e. The van der Waals surface area contributed by atoms with Gasteiger partial charge in [0.25, 0.3) is 0 Å². The number of rotatable bonds is 6. The number of amides is 1. The minimum Gasteiger partial charge on any atom is -0.369 e. The van der Waals surface area contributed by atoms with Crippen molar-refractivity contribution >= 4 is 11.6 Å². The molecule has 0 spiro atoms. The standard InChI is InChI=1S/C26H29N3O/c1-28-16-18-29(19-17-28)24-15-9-8-14-23(24)20-27-26(30)25(21-10-4-2-5-11-21)22-12-6-3-7-13-22/h2-15,25H,16-20H2,1H3,(H,27,30). The van der Waals surface area contributed by atoms with Gasteiger partial charge < -0.3 is 15.1 Å². The van der Waals surface area contributed by atoms with Gasteiger partial charge in [-0.1, -0.05) is 78.9 Å². The molecular formula is C26H29N3O. The predicted molar refractivity (Wildman–Crippen MR) is 123 cm³/mol. The van der Waals surface area contributed by atoms with Crippen LogP contribution in [0.1, 0.15) is 22.6 Å². The maximum absolute atomic E-state index is 13.3. The first-order chi connectivity index (χ1) is 14.7. The summed E-state index contributed by atoms with van der Waals surface area (Å²) in [6.07, 6.45) is 0. The van der Waals surface area contributed by atoms with Crippen molar-refractivity contribution in [3.8, 4) is 0 Å². The van der Waals surface area contributed by atoms with E-state index in [4.69, 9.17) is 0 Å². The Morgan fingerprint density at radius 1 is 0.800 bits per heavy atom. The average Bonchev–Trinajstić information content (AvgIpc) is 2.80. The van der Waals surface area contributed by atoms with E-state index in [1.54, 1.807) is 0 Å². The van der Waals surface area contributed by atoms with Crippen molar-refractivity contribution in [3.05, 3.63) is 102 Å². The summed E-state index contributed by atoms with van der Waals surface area (Å²) in [7, 11) is 2.16. The molecule has 0 bridgehead atoms. The number of nitrogens with one attached hydrogen (secondary N) is 1. The molecule has 30 heavy (non-hydrogen) atoms. The third-order valence-electron chi connectivity index (χ3n) is 5.82. The van der Waals surface area contributed by atoms with Crippen molar-refractivity contribution in [2.75, 3.05) is 38.1 Å². The number of anilines is 1. The zero-order valence-corrected chi connectivity index (χ0v) is 17.5. The summed E-state index contributed by atoms with van der Waals surface area (Å²) in [6.45, 7) is 4.67. The second-order valence-electron chi connectivity index (χ2n) is 7.89. The van der Waals surface area contributed by atoms with Gasteiger partial charge in [-0.15, -0.1) is 0 Å². The molecule has 1 aliphatic heterocycles. The molecular weight excluding hydrogens is 370 g/mol. The molecule has 1 saturated heterocycles. The van der Waals surface area contributed by atoms with Crippen molar-refractivity contribution in [1.82, 2.24) is 10.2 Å². The Kier molecular flexibility index (Phi) is 6.45. The van der Waals surface area contributed by atoms with Crippen LogP contribution in [0.25, 0.3) is 0 Å². The predicted octanol–water partition coefficient (Wildman–Crippen LogP) is 3.89. The van der Waals surface area contributed by atoms with Crippen LogP contribution in [0.5, 0.6) is 0 Å². The highest BCUT2D eigenvalue weighted by Gasteiger charge is 2.23. The summed E-state index contributed by atoms with van der Waals surface area (Å²) in [5.41, 5.74) is 4.40. The molecule has 1 aliphatic rings. The van der Waals surface area contributed by atoms with E-state index in [9.17, 15) is 4.79 Å². The molecule has 0 aromatic heterocycles. The molecule has 0 saturated carbocycles. The van der Waals surface area contributed by atoms with Crippen LogP contribution in [0.2, 0.25) is 0 Å².